The van der Waals surface area contributed by atoms with Crippen LogP contribution in [0.25, 0.3) is 0 Å². The van der Waals surface area contributed by atoms with Gasteiger partial charge in [-0.1, -0.05) is 22.0 Å². The molecule has 0 saturated carbocycles. The molecule has 2 rings (SSSR count). The van der Waals surface area contributed by atoms with Crippen LogP contribution in [-0.4, -0.2) is 5.91 Å². The molecule has 94 valence electrons. The lowest BCUT2D eigenvalue weighted by Gasteiger charge is -2.07. The first kappa shape index (κ1) is 13.8. The van der Waals surface area contributed by atoms with Crippen LogP contribution in [0.2, 0.25) is 0 Å². The van der Waals surface area contributed by atoms with E-state index >= 15 is 0 Å². The Morgan fingerprint density at radius 2 is 1.95 bits per heavy atom. The average Bonchev–Trinajstić information content (AvgIpc) is 2.38. The van der Waals surface area contributed by atoms with E-state index in [-0.39, 0.29) is 5.91 Å². The molecule has 2 aromatic carbocycles. The van der Waals surface area contributed by atoms with Gasteiger partial charge >= 0.3 is 0 Å². The highest BCUT2D eigenvalue weighted by Gasteiger charge is 2.10. The number of benzene rings is 2. The van der Waals surface area contributed by atoms with Gasteiger partial charge in [-0.15, -0.1) is 0 Å². The average molecular weight is 380 g/mol. The Hall–Kier alpha value is -1.64. The molecule has 1 N–H and O–H groups in total. The van der Waals surface area contributed by atoms with Gasteiger partial charge in [0.25, 0.3) is 5.91 Å². The van der Waals surface area contributed by atoms with Crippen molar-refractivity contribution >= 4 is 43.5 Å². The van der Waals surface area contributed by atoms with E-state index in [9.17, 15) is 4.79 Å². The van der Waals surface area contributed by atoms with Gasteiger partial charge in [-0.3, -0.25) is 4.79 Å². The lowest BCUT2D eigenvalue weighted by atomic mass is 10.2. The number of nitriles is 1. The number of nitrogens with one attached hydrogen (secondary N) is 1. The van der Waals surface area contributed by atoms with Gasteiger partial charge in [-0.25, -0.2) is 0 Å². The highest BCUT2D eigenvalue weighted by Crippen LogP contribution is 2.23. The fourth-order valence-corrected chi connectivity index (χ4v) is 2.77. The summed E-state index contributed by atoms with van der Waals surface area (Å²) in [6, 6.07) is 14.1. The van der Waals surface area contributed by atoms with Gasteiger partial charge in [0, 0.05) is 14.6 Å². The van der Waals surface area contributed by atoms with Crippen molar-refractivity contribution in [3.05, 3.63) is 62.5 Å². The Labute approximate surface area is 127 Å². The molecule has 2 aromatic rings. The van der Waals surface area contributed by atoms with Crippen molar-refractivity contribution in [2.24, 2.45) is 0 Å². The molecule has 0 atom stereocenters. The van der Waals surface area contributed by atoms with Crippen molar-refractivity contribution in [3.8, 4) is 6.07 Å². The first-order chi connectivity index (χ1) is 9.10. The fraction of sp³-hybridized carbons (Fsp3) is 0. The largest absolute Gasteiger partial charge is 0.322 e. The third-order valence-electron chi connectivity index (χ3n) is 2.43. The van der Waals surface area contributed by atoms with Crippen LogP contribution in [0.15, 0.2) is 51.4 Å². The van der Waals surface area contributed by atoms with Crippen molar-refractivity contribution in [2.75, 3.05) is 5.32 Å². The van der Waals surface area contributed by atoms with Crippen LogP contribution < -0.4 is 5.32 Å². The second kappa shape index (κ2) is 6.00. The zero-order valence-electron chi connectivity index (χ0n) is 9.65. The number of amides is 1. The minimum absolute atomic E-state index is 0.227. The molecule has 0 aliphatic carbocycles. The number of halogens is 2. The maximum absolute atomic E-state index is 12.1. The molecule has 0 spiro atoms. The van der Waals surface area contributed by atoms with Gasteiger partial charge < -0.3 is 5.32 Å². The third-order valence-corrected chi connectivity index (χ3v) is 3.57. The number of nitrogens with zero attached hydrogens (tertiary/aromatic N) is 1. The molecule has 0 unspecified atom stereocenters. The molecule has 1 amide bonds. The standard InChI is InChI=1S/C14H8Br2N2O/c15-10-4-5-12(13(16)7-10)14(19)18-11-3-1-2-9(6-11)8-17/h1-7H,(H,18,19). The zero-order valence-corrected chi connectivity index (χ0v) is 12.8. The molecule has 0 aliphatic rings. The van der Waals surface area contributed by atoms with Gasteiger partial charge in [-0.05, 0) is 52.3 Å². The van der Waals surface area contributed by atoms with Gasteiger partial charge in [0.15, 0.2) is 0 Å². The third kappa shape index (κ3) is 3.43. The van der Waals surface area contributed by atoms with Crippen LogP contribution in [0.3, 0.4) is 0 Å². The van der Waals surface area contributed by atoms with E-state index in [2.05, 4.69) is 37.2 Å². The molecule has 3 nitrogen and oxygen atoms in total. The molecule has 19 heavy (non-hydrogen) atoms. The number of hydrogen-bond donors (Lipinski definition) is 1. The molecular weight excluding hydrogens is 372 g/mol. The van der Waals surface area contributed by atoms with E-state index in [1.807, 2.05) is 6.07 Å². The van der Waals surface area contributed by atoms with Crippen LogP contribution in [-0.2, 0) is 0 Å². The predicted molar refractivity (Wildman–Crippen MR) is 81.0 cm³/mol. The zero-order chi connectivity index (χ0) is 13.8. The lowest BCUT2D eigenvalue weighted by Crippen LogP contribution is -2.12. The summed E-state index contributed by atoms with van der Waals surface area (Å²) < 4.78 is 1.60. The van der Waals surface area contributed by atoms with E-state index in [0.29, 0.717) is 21.3 Å². The van der Waals surface area contributed by atoms with Crippen LogP contribution in [0.5, 0.6) is 0 Å². The molecule has 0 saturated heterocycles. The number of rotatable bonds is 2. The van der Waals surface area contributed by atoms with Crippen molar-refractivity contribution in [1.82, 2.24) is 0 Å². The number of carbonyl (C=O) groups excluding carboxylic acids is 1. The predicted octanol–water partition coefficient (Wildman–Crippen LogP) is 4.34. The molecule has 0 aliphatic heterocycles. The molecule has 0 radical (unpaired) electrons. The van der Waals surface area contributed by atoms with Gasteiger partial charge in [0.1, 0.15) is 0 Å². The maximum Gasteiger partial charge on any atom is 0.256 e. The quantitative estimate of drug-likeness (QED) is 0.843. The summed E-state index contributed by atoms with van der Waals surface area (Å²) in [7, 11) is 0. The van der Waals surface area contributed by atoms with E-state index < -0.39 is 0 Å². The molecular formula is C14H8Br2N2O. The van der Waals surface area contributed by atoms with E-state index in [1.165, 1.54) is 0 Å². The smallest absolute Gasteiger partial charge is 0.256 e. The highest BCUT2D eigenvalue weighted by molar-refractivity contribution is 9.11. The van der Waals surface area contributed by atoms with Crippen LogP contribution in [0.1, 0.15) is 15.9 Å². The van der Waals surface area contributed by atoms with Crippen molar-refractivity contribution in [3.63, 3.8) is 0 Å². The Morgan fingerprint density at radius 1 is 1.16 bits per heavy atom. The summed E-state index contributed by atoms with van der Waals surface area (Å²) in [5.41, 5.74) is 1.64. The minimum atomic E-state index is -0.227. The Kier molecular flexibility index (Phi) is 4.35. The maximum atomic E-state index is 12.1. The summed E-state index contributed by atoms with van der Waals surface area (Å²) in [6.07, 6.45) is 0. The van der Waals surface area contributed by atoms with Gasteiger partial charge in [0.2, 0.25) is 0 Å². The van der Waals surface area contributed by atoms with Crippen LogP contribution in [0, 0.1) is 11.3 Å². The first-order valence-corrected chi connectivity index (χ1v) is 6.95. The van der Waals surface area contributed by atoms with E-state index in [0.717, 1.165) is 4.47 Å². The van der Waals surface area contributed by atoms with E-state index in [4.69, 9.17) is 5.26 Å². The van der Waals surface area contributed by atoms with Crippen LogP contribution >= 0.6 is 31.9 Å². The molecule has 0 fully saturated rings. The Bertz CT molecular complexity index is 677. The minimum Gasteiger partial charge on any atom is -0.322 e. The van der Waals surface area contributed by atoms with Gasteiger partial charge in [0.05, 0.1) is 17.2 Å². The molecule has 5 heteroatoms. The molecule has 0 bridgehead atoms. The normalized spacial score (nSPS) is 9.74. The van der Waals surface area contributed by atoms with Crippen LogP contribution in [0.4, 0.5) is 5.69 Å². The summed E-state index contributed by atoms with van der Waals surface area (Å²) >= 11 is 6.68. The van der Waals surface area contributed by atoms with Crippen molar-refractivity contribution in [1.29, 1.82) is 5.26 Å². The SMILES string of the molecule is N#Cc1cccc(NC(=O)c2ccc(Br)cc2Br)c1. The topological polar surface area (TPSA) is 52.9 Å². The fourth-order valence-electron chi connectivity index (χ4n) is 1.54. The van der Waals surface area contributed by atoms with E-state index in [1.54, 1.807) is 42.5 Å². The summed E-state index contributed by atoms with van der Waals surface area (Å²) in [4.78, 5) is 12.1. The number of hydrogen-bond acceptors (Lipinski definition) is 2. The second-order valence-electron chi connectivity index (χ2n) is 3.77. The lowest BCUT2D eigenvalue weighted by molar-refractivity contribution is 0.102. The second-order valence-corrected chi connectivity index (χ2v) is 5.54. The highest BCUT2D eigenvalue weighted by atomic mass is 79.9. The first-order valence-electron chi connectivity index (χ1n) is 5.37. The van der Waals surface area contributed by atoms with Crippen molar-refractivity contribution < 1.29 is 4.79 Å². The Morgan fingerprint density at radius 3 is 2.63 bits per heavy atom. The van der Waals surface area contributed by atoms with Crippen molar-refractivity contribution in [2.45, 2.75) is 0 Å². The Balaban J connectivity index is 2.23. The summed E-state index contributed by atoms with van der Waals surface area (Å²) in [5, 5.41) is 11.6. The number of anilines is 1. The summed E-state index contributed by atoms with van der Waals surface area (Å²) in [5.74, 6) is -0.227. The van der Waals surface area contributed by atoms with Gasteiger partial charge in [-0.2, -0.15) is 5.26 Å². The molecule has 0 heterocycles. The molecule has 0 aromatic heterocycles. The number of carbonyl (C=O) groups is 1. The monoisotopic (exact) mass is 378 g/mol. The summed E-state index contributed by atoms with van der Waals surface area (Å²) in [6.45, 7) is 0.